The van der Waals surface area contributed by atoms with Crippen molar-refractivity contribution in [2.24, 2.45) is 5.92 Å². The lowest BCUT2D eigenvalue weighted by molar-refractivity contribution is -0.120. The van der Waals surface area contributed by atoms with Gasteiger partial charge in [0.1, 0.15) is 5.52 Å². The van der Waals surface area contributed by atoms with Gasteiger partial charge in [-0.1, -0.05) is 0 Å². The van der Waals surface area contributed by atoms with Crippen molar-refractivity contribution in [3.05, 3.63) is 24.1 Å². The van der Waals surface area contributed by atoms with Gasteiger partial charge >= 0.3 is 0 Å². The standard InChI is InChI=1S/C14H17N3O2/c1-9-16-12-7-11(4-5-13(12)19-9)17-14(18)10-3-2-6-15-8-10/h4-5,7,10,15H,2-3,6,8H2,1H3,(H,17,18). The van der Waals surface area contributed by atoms with Gasteiger partial charge in [-0.3, -0.25) is 4.79 Å². The Morgan fingerprint density at radius 1 is 1.53 bits per heavy atom. The maximum Gasteiger partial charge on any atom is 0.228 e. The number of amides is 1. The lowest BCUT2D eigenvalue weighted by Crippen LogP contribution is -2.37. The van der Waals surface area contributed by atoms with E-state index in [9.17, 15) is 4.79 Å². The fourth-order valence-electron chi connectivity index (χ4n) is 2.44. The smallest absolute Gasteiger partial charge is 0.228 e. The highest BCUT2D eigenvalue weighted by Crippen LogP contribution is 2.21. The zero-order chi connectivity index (χ0) is 13.2. The third-order valence-electron chi connectivity index (χ3n) is 3.43. The molecule has 2 aromatic rings. The Bertz CT molecular complexity index is 600. The van der Waals surface area contributed by atoms with Crippen molar-refractivity contribution in [3.8, 4) is 0 Å². The molecule has 1 aromatic carbocycles. The number of carbonyl (C=O) groups is 1. The van der Waals surface area contributed by atoms with Crippen LogP contribution in [0.1, 0.15) is 18.7 Å². The molecule has 2 heterocycles. The molecule has 1 aliphatic rings. The first-order valence-corrected chi connectivity index (χ1v) is 6.61. The van der Waals surface area contributed by atoms with Crippen LogP contribution >= 0.6 is 0 Å². The second-order valence-corrected chi connectivity index (χ2v) is 4.95. The summed E-state index contributed by atoms with van der Waals surface area (Å²) in [6.07, 6.45) is 2.00. The number of benzene rings is 1. The predicted octanol–water partition coefficient (Wildman–Crippen LogP) is 2.07. The Kier molecular flexibility index (Phi) is 3.21. The van der Waals surface area contributed by atoms with Crippen molar-refractivity contribution in [1.29, 1.82) is 0 Å². The molecule has 3 rings (SSSR count). The van der Waals surface area contributed by atoms with Crippen LogP contribution in [0.25, 0.3) is 11.1 Å². The number of nitrogens with one attached hydrogen (secondary N) is 2. The van der Waals surface area contributed by atoms with Gasteiger partial charge in [-0.05, 0) is 37.6 Å². The van der Waals surface area contributed by atoms with E-state index in [0.29, 0.717) is 5.89 Å². The number of anilines is 1. The second-order valence-electron chi connectivity index (χ2n) is 4.95. The van der Waals surface area contributed by atoms with Crippen molar-refractivity contribution >= 4 is 22.7 Å². The molecule has 5 heteroatoms. The quantitative estimate of drug-likeness (QED) is 0.866. The van der Waals surface area contributed by atoms with Crippen LogP contribution in [-0.4, -0.2) is 24.0 Å². The summed E-state index contributed by atoms with van der Waals surface area (Å²) in [5, 5.41) is 6.20. The Balaban J connectivity index is 1.74. The Labute approximate surface area is 111 Å². The van der Waals surface area contributed by atoms with Gasteiger partial charge in [-0.2, -0.15) is 0 Å². The lowest BCUT2D eigenvalue weighted by Gasteiger charge is -2.21. The summed E-state index contributed by atoms with van der Waals surface area (Å²) in [7, 11) is 0. The molecular weight excluding hydrogens is 242 g/mol. The van der Waals surface area contributed by atoms with E-state index in [1.165, 1.54) is 0 Å². The van der Waals surface area contributed by atoms with Gasteiger partial charge in [0.25, 0.3) is 0 Å². The van der Waals surface area contributed by atoms with Crippen LogP contribution < -0.4 is 10.6 Å². The minimum Gasteiger partial charge on any atom is -0.441 e. The number of hydrogen-bond donors (Lipinski definition) is 2. The van der Waals surface area contributed by atoms with E-state index in [-0.39, 0.29) is 11.8 Å². The molecule has 1 aliphatic heterocycles. The van der Waals surface area contributed by atoms with Crippen molar-refractivity contribution in [3.63, 3.8) is 0 Å². The van der Waals surface area contributed by atoms with Crippen molar-refractivity contribution in [1.82, 2.24) is 10.3 Å². The topological polar surface area (TPSA) is 67.2 Å². The van der Waals surface area contributed by atoms with Crippen LogP contribution in [0, 0.1) is 12.8 Å². The van der Waals surface area contributed by atoms with Gasteiger partial charge in [-0.25, -0.2) is 4.98 Å². The molecule has 100 valence electrons. The van der Waals surface area contributed by atoms with E-state index in [4.69, 9.17) is 4.42 Å². The van der Waals surface area contributed by atoms with Gasteiger partial charge in [-0.15, -0.1) is 0 Å². The van der Waals surface area contributed by atoms with Crippen LogP contribution in [-0.2, 0) is 4.79 Å². The van der Waals surface area contributed by atoms with E-state index in [1.807, 2.05) is 25.1 Å². The zero-order valence-electron chi connectivity index (χ0n) is 10.9. The van der Waals surface area contributed by atoms with Crippen molar-refractivity contribution in [2.75, 3.05) is 18.4 Å². The number of nitrogens with zero attached hydrogens (tertiary/aromatic N) is 1. The molecule has 0 radical (unpaired) electrons. The summed E-state index contributed by atoms with van der Waals surface area (Å²) >= 11 is 0. The maximum atomic E-state index is 12.1. The number of rotatable bonds is 2. The number of fused-ring (bicyclic) bond motifs is 1. The number of carbonyl (C=O) groups excluding carboxylic acids is 1. The number of piperidine rings is 1. The third-order valence-corrected chi connectivity index (χ3v) is 3.43. The Hall–Kier alpha value is -1.88. The fourth-order valence-corrected chi connectivity index (χ4v) is 2.44. The largest absolute Gasteiger partial charge is 0.441 e. The van der Waals surface area contributed by atoms with Crippen LogP contribution in [0.5, 0.6) is 0 Å². The molecule has 0 saturated carbocycles. The van der Waals surface area contributed by atoms with Crippen LogP contribution in [0.4, 0.5) is 5.69 Å². The van der Waals surface area contributed by atoms with E-state index in [1.54, 1.807) is 0 Å². The van der Waals surface area contributed by atoms with Gasteiger partial charge in [0, 0.05) is 19.2 Å². The molecule has 1 atom stereocenters. The minimum absolute atomic E-state index is 0.0588. The first-order valence-electron chi connectivity index (χ1n) is 6.61. The highest BCUT2D eigenvalue weighted by atomic mass is 16.3. The van der Waals surface area contributed by atoms with E-state index in [0.717, 1.165) is 42.7 Å². The van der Waals surface area contributed by atoms with Gasteiger partial charge in [0.2, 0.25) is 5.91 Å². The molecule has 5 nitrogen and oxygen atoms in total. The van der Waals surface area contributed by atoms with Gasteiger partial charge < -0.3 is 15.1 Å². The van der Waals surface area contributed by atoms with E-state index >= 15 is 0 Å². The summed E-state index contributed by atoms with van der Waals surface area (Å²) < 4.78 is 5.41. The highest BCUT2D eigenvalue weighted by Gasteiger charge is 2.20. The third kappa shape index (κ3) is 2.61. The summed E-state index contributed by atoms with van der Waals surface area (Å²) in [6, 6.07) is 5.53. The summed E-state index contributed by atoms with van der Waals surface area (Å²) in [5.41, 5.74) is 2.29. The normalized spacial score (nSPS) is 19.5. The molecule has 0 aliphatic carbocycles. The first kappa shape index (κ1) is 12.2. The summed E-state index contributed by atoms with van der Waals surface area (Å²) in [6.45, 7) is 3.58. The van der Waals surface area contributed by atoms with Crippen molar-refractivity contribution in [2.45, 2.75) is 19.8 Å². The Morgan fingerprint density at radius 3 is 3.21 bits per heavy atom. The minimum atomic E-state index is 0.0588. The van der Waals surface area contributed by atoms with E-state index < -0.39 is 0 Å². The number of hydrogen-bond acceptors (Lipinski definition) is 4. The molecule has 1 amide bonds. The molecule has 0 spiro atoms. The van der Waals surface area contributed by atoms with Gasteiger partial charge in [0.05, 0.1) is 5.92 Å². The SMILES string of the molecule is Cc1nc2cc(NC(=O)C3CCCNC3)ccc2o1. The zero-order valence-corrected chi connectivity index (χ0v) is 10.9. The Morgan fingerprint density at radius 2 is 2.42 bits per heavy atom. The average Bonchev–Trinajstić information content (AvgIpc) is 2.79. The lowest BCUT2D eigenvalue weighted by atomic mass is 9.99. The predicted molar refractivity (Wildman–Crippen MR) is 73.0 cm³/mol. The first-order chi connectivity index (χ1) is 9.22. The molecule has 1 aromatic heterocycles. The van der Waals surface area contributed by atoms with Crippen LogP contribution in [0.2, 0.25) is 0 Å². The van der Waals surface area contributed by atoms with E-state index in [2.05, 4.69) is 15.6 Å². The number of aromatic nitrogens is 1. The molecular formula is C14H17N3O2. The molecule has 2 N–H and O–H groups in total. The molecule has 19 heavy (non-hydrogen) atoms. The fraction of sp³-hybridized carbons (Fsp3) is 0.429. The number of oxazole rings is 1. The maximum absolute atomic E-state index is 12.1. The molecule has 1 unspecified atom stereocenters. The summed E-state index contributed by atoms with van der Waals surface area (Å²) in [4.78, 5) is 16.4. The van der Waals surface area contributed by atoms with Crippen molar-refractivity contribution < 1.29 is 9.21 Å². The molecule has 1 fully saturated rings. The highest BCUT2D eigenvalue weighted by molar-refractivity contribution is 5.94. The molecule has 1 saturated heterocycles. The monoisotopic (exact) mass is 259 g/mol. The molecule has 0 bridgehead atoms. The number of aryl methyl sites for hydroxylation is 1. The van der Waals surface area contributed by atoms with Crippen LogP contribution in [0.3, 0.4) is 0 Å². The average molecular weight is 259 g/mol. The van der Waals surface area contributed by atoms with Gasteiger partial charge in [0.15, 0.2) is 11.5 Å². The second kappa shape index (κ2) is 5.01. The van der Waals surface area contributed by atoms with Crippen LogP contribution in [0.15, 0.2) is 22.6 Å². The summed E-state index contributed by atoms with van der Waals surface area (Å²) in [5.74, 6) is 0.769.